The van der Waals surface area contributed by atoms with Crippen molar-refractivity contribution < 1.29 is 8.78 Å². The van der Waals surface area contributed by atoms with Crippen molar-refractivity contribution in [2.45, 2.75) is 16.2 Å². The summed E-state index contributed by atoms with van der Waals surface area (Å²) in [5.41, 5.74) is 0.368. The minimum Gasteiger partial charge on any atom is -0.203 e. The minimum atomic E-state index is -3.07. The molecule has 1 unspecified atom stereocenters. The summed E-state index contributed by atoms with van der Waals surface area (Å²) in [5, 5.41) is 0.398. The molecule has 1 fully saturated rings. The van der Waals surface area contributed by atoms with E-state index >= 15 is 0 Å². The van der Waals surface area contributed by atoms with Gasteiger partial charge in [0.15, 0.2) is 4.33 Å². The van der Waals surface area contributed by atoms with Crippen molar-refractivity contribution in [2.24, 2.45) is 0 Å². The lowest BCUT2D eigenvalue weighted by molar-refractivity contribution is 0.109. The molecular formula is C9H5Cl3F2. The first-order valence-corrected chi connectivity index (χ1v) is 5.02. The SMILES string of the molecule is FC1(F)C(c2cccc(Cl)c2)C1(Cl)Cl. The Bertz CT molecular complexity index is 362. The average Bonchev–Trinajstić information content (AvgIpc) is 2.42. The van der Waals surface area contributed by atoms with E-state index in [2.05, 4.69) is 0 Å². The molecule has 0 aromatic heterocycles. The summed E-state index contributed by atoms with van der Waals surface area (Å²) >= 11 is 16.6. The first-order valence-electron chi connectivity index (χ1n) is 3.88. The van der Waals surface area contributed by atoms with E-state index in [0.717, 1.165) is 0 Å². The van der Waals surface area contributed by atoms with Gasteiger partial charge in [0.2, 0.25) is 0 Å². The van der Waals surface area contributed by atoms with Crippen LogP contribution >= 0.6 is 34.8 Å². The summed E-state index contributed by atoms with van der Waals surface area (Å²) in [6.45, 7) is 0. The molecular weight excluding hydrogens is 252 g/mol. The topological polar surface area (TPSA) is 0 Å². The van der Waals surface area contributed by atoms with Gasteiger partial charge in [0, 0.05) is 5.02 Å². The van der Waals surface area contributed by atoms with Gasteiger partial charge in [-0.05, 0) is 17.7 Å². The van der Waals surface area contributed by atoms with Crippen LogP contribution in [-0.4, -0.2) is 10.3 Å². The molecule has 0 radical (unpaired) electrons. The lowest BCUT2D eigenvalue weighted by Crippen LogP contribution is -1.99. The molecule has 1 aliphatic rings. The molecule has 0 heterocycles. The Morgan fingerprint density at radius 2 is 1.79 bits per heavy atom. The highest BCUT2D eigenvalue weighted by Crippen LogP contribution is 2.71. The van der Waals surface area contributed by atoms with E-state index in [1.165, 1.54) is 12.1 Å². The van der Waals surface area contributed by atoms with Gasteiger partial charge < -0.3 is 0 Å². The third-order valence-corrected chi connectivity index (χ3v) is 3.44. The number of halogens is 5. The Labute approximate surface area is 94.8 Å². The zero-order valence-electron chi connectivity index (χ0n) is 6.78. The Morgan fingerprint density at radius 1 is 1.21 bits per heavy atom. The third-order valence-electron chi connectivity index (χ3n) is 2.27. The zero-order valence-corrected chi connectivity index (χ0v) is 9.04. The van der Waals surface area contributed by atoms with Crippen LogP contribution in [0.15, 0.2) is 24.3 Å². The second-order valence-corrected chi connectivity index (χ2v) is 5.06. The molecule has 0 saturated heterocycles. The second kappa shape index (κ2) is 2.97. The quantitative estimate of drug-likeness (QED) is 0.660. The summed E-state index contributed by atoms with van der Waals surface area (Å²) < 4.78 is 24.2. The molecule has 14 heavy (non-hydrogen) atoms. The molecule has 1 atom stereocenters. The molecule has 76 valence electrons. The Kier molecular flexibility index (Phi) is 2.22. The maximum Gasteiger partial charge on any atom is 0.291 e. The molecule has 0 aliphatic heterocycles. The Balaban J connectivity index is 2.36. The molecule has 0 nitrogen and oxygen atoms in total. The van der Waals surface area contributed by atoms with Gasteiger partial charge in [0.25, 0.3) is 5.92 Å². The van der Waals surface area contributed by atoms with Crippen LogP contribution in [0.4, 0.5) is 8.78 Å². The lowest BCUT2D eigenvalue weighted by Gasteiger charge is -1.98. The molecule has 1 aromatic rings. The maximum atomic E-state index is 13.1. The third kappa shape index (κ3) is 1.32. The van der Waals surface area contributed by atoms with Crippen molar-refractivity contribution in [3.63, 3.8) is 0 Å². The first-order chi connectivity index (χ1) is 6.37. The van der Waals surface area contributed by atoms with Crippen LogP contribution < -0.4 is 0 Å². The minimum absolute atomic E-state index is 0.368. The van der Waals surface area contributed by atoms with Gasteiger partial charge in [-0.15, -0.1) is 0 Å². The standard InChI is InChI=1S/C9H5Cl3F2/c10-6-3-1-2-5(4-6)7-8(11,12)9(7,13)14/h1-4,7H. The predicted octanol–water partition coefficient (Wildman–Crippen LogP) is 4.25. The van der Waals surface area contributed by atoms with Gasteiger partial charge in [-0.1, -0.05) is 46.9 Å². The molecule has 0 spiro atoms. The molecule has 5 heteroatoms. The van der Waals surface area contributed by atoms with Crippen molar-refractivity contribution >= 4 is 34.8 Å². The summed E-state index contributed by atoms with van der Waals surface area (Å²) in [4.78, 5) is 0. The zero-order chi connectivity index (χ0) is 10.6. The summed E-state index contributed by atoms with van der Waals surface area (Å²) in [6, 6.07) is 6.19. The van der Waals surface area contributed by atoms with Crippen molar-refractivity contribution in [3.8, 4) is 0 Å². The van der Waals surface area contributed by atoms with Crippen LogP contribution in [0.25, 0.3) is 0 Å². The molecule has 0 amide bonds. The molecule has 1 saturated carbocycles. The molecule has 1 aromatic carbocycles. The number of hydrogen-bond acceptors (Lipinski definition) is 0. The van der Waals surface area contributed by atoms with E-state index in [-0.39, 0.29) is 0 Å². The van der Waals surface area contributed by atoms with Crippen LogP contribution in [0.5, 0.6) is 0 Å². The number of rotatable bonds is 1. The smallest absolute Gasteiger partial charge is 0.203 e. The van der Waals surface area contributed by atoms with Crippen LogP contribution in [0.3, 0.4) is 0 Å². The highest BCUT2D eigenvalue weighted by Gasteiger charge is 2.80. The van der Waals surface area contributed by atoms with Gasteiger partial charge in [-0.3, -0.25) is 0 Å². The van der Waals surface area contributed by atoms with Crippen molar-refractivity contribution in [2.75, 3.05) is 0 Å². The summed E-state index contributed by atoms with van der Waals surface area (Å²) in [5.74, 6) is -4.22. The fraction of sp³-hybridized carbons (Fsp3) is 0.333. The van der Waals surface area contributed by atoms with E-state index in [0.29, 0.717) is 10.6 Å². The van der Waals surface area contributed by atoms with Crippen molar-refractivity contribution in [1.29, 1.82) is 0 Å². The fourth-order valence-corrected chi connectivity index (χ4v) is 2.28. The van der Waals surface area contributed by atoms with E-state index < -0.39 is 16.2 Å². The highest BCUT2D eigenvalue weighted by molar-refractivity contribution is 6.53. The average molecular weight is 257 g/mol. The molecule has 2 rings (SSSR count). The van der Waals surface area contributed by atoms with Gasteiger partial charge in [-0.2, -0.15) is 0 Å². The van der Waals surface area contributed by atoms with Crippen LogP contribution in [0, 0.1) is 0 Å². The Hall–Kier alpha value is -0.0500. The van der Waals surface area contributed by atoms with E-state index in [9.17, 15) is 8.78 Å². The highest BCUT2D eigenvalue weighted by atomic mass is 35.5. The molecule has 1 aliphatic carbocycles. The fourth-order valence-electron chi connectivity index (χ4n) is 1.45. The summed E-state index contributed by atoms with van der Waals surface area (Å²) in [6.07, 6.45) is 0. The van der Waals surface area contributed by atoms with E-state index in [1.54, 1.807) is 12.1 Å². The molecule has 0 N–H and O–H groups in total. The van der Waals surface area contributed by atoms with Crippen LogP contribution in [-0.2, 0) is 0 Å². The second-order valence-electron chi connectivity index (χ2n) is 3.23. The van der Waals surface area contributed by atoms with Crippen LogP contribution in [0.2, 0.25) is 5.02 Å². The number of benzene rings is 1. The Morgan fingerprint density at radius 3 is 2.21 bits per heavy atom. The van der Waals surface area contributed by atoms with Gasteiger partial charge in [0.1, 0.15) is 0 Å². The van der Waals surface area contributed by atoms with E-state index in [4.69, 9.17) is 34.8 Å². The van der Waals surface area contributed by atoms with Gasteiger partial charge in [-0.25, -0.2) is 8.78 Å². The first kappa shape index (κ1) is 10.5. The monoisotopic (exact) mass is 256 g/mol. The maximum absolute atomic E-state index is 13.1. The van der Waals surface area contributed by atoms with Crippen molar-refractivity contribution in [1.82, 2.24) is 0 Å². The normalized spacial score (nSPS) is 27.4. The number of hydrogen-bond donors (Lipinski definition) is 0. The lowest BCUT2D eigenvalue weighted by atomic mass is 10.1. The van der Waals surface area contributed by atoms with Crippen molar-refractivity contribution in [3.05, 3.63) is 34.9 Å². The van der Waals surface area contributed by atoms with Crippen LogP contribution in [0.1, 0.15) is 11.5 Å². The van der Waals surface area contributed by atoms with E-state index in [1.807, 2.05) is 0 Å². The largest absolute Gasteiger partial charge is 0.291 e. The summed E-state index contributed by atoms with van der Waals surface area (Å²) in [7, 11) is 0. The number of alkyl halides is 4. The molecule has 0 bridgehead atoms. The van der Waals surface area contributed by atoms with Gasteiger partial charge in [0.05, 0.1) is 5.92 Å². The van der Waals surface area contributed by atoms with Gasteiger partial charge >= 0.3 is 0 Å². The predicted molar refractivity (Wildman–Crippen MR) is 53.6 cm³/mol.